The predicted octanol–water partition coefficient (Wildman–Crippen LogP) is 2.16. The molecule has 0 heterocycles. The summed E-state index contributed by atoms with van der Waals surface area (Å²) in [6, 6.07) is 0. The van der Waals surface area contributed by atoms with Gasteiger partial charge in [0, 0.05) is 8.41 Å². The van der Waals surface area contributed by atoms with Crippen LogP contribution in [0.5, 0.6) is 0 Å². The molecule has 0 bridgehead atoms. The topological polar surface area (TPSA) is 0 Å². The lowest BCUT2D eigenvalue weighted by Gasteiger charge is -1.97. The summed E-state index contributed by atoms with van der Waals surface area (Å²) in [6.45, 7) is 6.97. The molecular formula is C6H15AlB. The van der Waals surface area contributed by atoms with E-state index in [4.69, 9.17) is 0 Å². The summed E-state index contributed by atoms with van der Waals surface area (Å²) in [6.07, 6.45) is 0. The second-order valence-corrected chi connectivity index (χ2v) is 6.27. The molecule has 0 aromatic heterocycles. The Bertz CT molecular complexity index is 30.0. The van der Waals surface area contributed by atoms with Gasteiger partial charge in [0.15, 0.2) is 0 Å². The largest absolute Gasteiger partial charge is 0.261 e. The molecule has 0 N–H and O–H groups in total. The molecule has 0 nitrogen and oxygen atoms in total. The van der Waals surface area contributed by atoms with Crippen molar-refractivity contribution in [2.24, 2.45) is 0 Å². The summed E-state index contributed by atoms with van der Waals surface area (Å²) >= 11 is -0.171. The molecule has 3 radical (unpaired) electrons. The van der Waals surface area contributed by atoms with E-state index in [9.17, 15) is 0 Å². The van der Waals surface area contributed by atoms with E-state index < -0.39 is 0 Å². The molecule has 0 aromatic carbocycles. The van der Waals surface area contributed by atoms with Gasteiger partial charge in [-0.1, -0.05) is 36.6 Å². The molecule has 0 fully saturated rings. The third kappa shape index (κ3) is 4.75. The number of hydrogen-bond acceptors (Lipinski definition) is 0. The van der Waals surface area contributed by atoms with Crippen LogP contribution in [0.1, 0.15) is 20.8 Å². The van der Waals surface area contributed by atoms with Gasteiger partial charge in [-0.3, -0.25) is 0 Å². The average molecular weight is 125 g/mol. The molecule has 0 unspecified atom stereocenters. The summed E-state index contributed by atoms with van der Waals surface area (Å²) in [5, 5.41) is 4.48. The molecule has 0 spiro atoms. The zero-order valence-corrected chi connectivity index (χ0v) is 7.43. The van der Waals surface area contributed by atoms with Crippen LogP contribution in [0.2, 0.25) is 15.8 Å². The van der Waals surface area contributed by atoms with Crippen LogP contribution in [0, 0.1) is 0 Å². The maximum absolute atomic E-state index is 2.32. The van der Waals surface area contributed by atoms with Gasteiger partial charge in [-0.25, -0.2) is 0 Å². The number of rotatable bonds is 3. The second kappa shape index (κ2) is 7.60. The molecule has 0 aromatic rings. The fourth-order valence-corrected chi connectivity index (χ4v) is 2.60. The van der Waals surface area contributed by atoms with Crippen molar-refractivity contribution < 1.29 is 0 Å². The van der Waals surface area contributed by atoms with Gasteiger partial charge in [0.2, 0.25) is 0 Å². The molecule has 0 aliphatic heterocycles. The minimum absolute atomic E-state index is 0. The standard InChI is InChI=1S/3C2H5.Al.B/c3*1-2;;/h3*1H2,2H3;;. The fourth-order valence-electron chi connectivity index (χ4n) is 0.866. The molecular weight excluding hydrogens is 110 g/mol. The van der Waals surface area contributed by atoms with Crippen LogP contribution in [-0.4, -0.2) is 22.6 Å². The molecule has 0 atom stereocenters. The van der Waals surface area contributed by atoms with Crippen molar-refractivity contribution in [1.82, 2.24) is 0 Å². The van der Waals surface area contributed by atoms with Crippen LogP contribution in [0.4, 0.5) is 0 Å². The highest BCUT2D eigenvalue weighted by molar-refractivity contribution is 6.58. The second-order valence-electron chi connectivity index (χ2n) is 2.09. The summed E-state index contributed by atoms with van der Waals surface area (Å²) in [4.78, 5) is 0. The minimum Gasteiger partial charge on any atom is -0.0967 e. The first-order valence-electron chi connectivity index (χ1n) is 3.35. The lowest BCUT2D eigenvalue weighted by molar-refractivity contribution is 1.24. The predicted molar refractivity (Wildman–Crippen MR) is 43.0 cm³/mol. The van der Waals surface area contributed by atoms with Gasteiger partial charge in [0.05, 0.1) is 0 Å². The summed E-state index contributed by atoms with van der Waals surface area (Å²) in [5.74, 6) is 0. The zero-order valence-electron chi connectivity index (χ0n) is 6.28. The first-order chi connectivity index (χ1) is 3.35. The third-order valence-electron chi connectivity index (χ3n) is 1.73. The maximum atomic E-state index is 2.32. The first-order valence-corrected chi connectivity index (χ1v) is 5.80. The highest BCUT2D eigenvalue weighted by Crippen LogP contribution is 2.01. The lowest BCUT2D eigenvalue weighted by atomic mass is 10.8. The monoisotopic (exact) mass is 125 g/mol. The van der Waals surface area contributed by atoms with E-state index in [1.807, 2.05) is 0 Å². The van der Waals surface area contributed by atoms with Gasteiger partial charge in [-0.05, 0) is 0 Å². The molecule has 0 amide bonds. The highest BCUT2D eigenvalue weighted by Gasteiger charge is 2.05. The number of hydrogen-bond donors (Lipinski definition) is 0. The Hall–Kier alpha value is 0.597. The summed E-state index contributed by atoms with van der Waals surface area (Å²) in [7, 11) is 0. The molecule has 8 heavy (non-hydrogen) atoms. The highest BCUT2D eigenvalue weighted by atomic mass is 27.2. The van der Waals surface area contributed by atoms with Crippen LogP contribution in [-0.2, 0) is 0 Å². The van der Waals surface area contributed by atoms with Crippen molar-refractivity contribution in [2.75, 3.05) is 0 Å². The maximum Gasteiger partial charge on any atom is 0.261 e. The molecule has 0 aliphatic rings. The van der Waals surface area contributed by atoms with Crippen molar-refractivity contribution >= 4 is 22.6 Å². The van der Waals surface area contributed by atoms with Gasteiger partial charge in [-0.15, -0.1) is 0 Å². The Morgan fingerprint density at radius 1 is 0.875 bits per heavy atom. The van der Waals surface area contributed by atoms with Crippen LogP contribution in [0.15, 0.2) is 0 Å². The van der Waals surface area contributed by atoms with Crippen molar-refractivity contribution in [2.45, 2.75) is 36.6 Å². The summed E-state index contributed by atoms with van der Waals surface area (Å²) < 4.78 is 0. The zero-order chi connectivity index (χ0) is 5.70. The van der Waals surface area contributed by atoms with E-state index in [2.05, 4.69) is 20.8 Å². The van der Waals surface area contributed by atoms with Crippen LogP contribution in [0.25, 0.3) is 0 Å². The quantitative estimate of drug-likeness (QED) is 0.507. The molecule has 45 valence electrons. The Balaban J connectivity index is 0. The van der Waals surface area contributed by atoms with E-state index in [0.29, 0.717) is 0 Å². The lowest BCUT2D eigenvalue weighted by Crippen LogP contribution is -2.04. The molecule has 0 saturated carbocycles. The van der Waals surface area contributed by atoms with E-state index in [-0.39, 0.29) is 22.6 Å². The Morgan fingerprint density at radius 3 is 1.12 bits per heavy atom. The van der Waals surface area contributed by atoms with E-state index in [0.717, 1.165) is 0 Å². The molecule has 0 rings (SSSR count). The van der Waals surface area contributed by atoms with Crippen LogP contribution < -0.4 is 0 Å². The smallest absolute Gasteiger partial charge is 0.0967 e. The van der Waals surface area contributed by atoms with E-state index >= 15 is 0 Å². The summed E-state index contributed by atoms with van der Waals surface area (Å²) in [5.41, 5.74) is 0. The van der Waals surface area contributed by atoms with Crippen molar-refractivity contribution in [1.29, 1.82) is 0 Å². The first kappa shape index (κ1) is 11.4. The fraction of sp³-hybridized carbons (Fsp3) is 1.00. The molecule has 0 aliphatic carbocycles. The van der Waals surface area contributed by atoms with Gasteiger partial charge in [0.25, 0.3) is 14.1 Å². The van der Waals surface area contributed by atoms with Gasteiger partial charge >= 0.3 is 0 Å². The average Bonchev–Trinajstić information content (AvgIpc) is 1.72. The molecule has 0 saturated heterocycles. The third-order valence-corrected chi connectivity index (χ3v) is 5.20. The van der Waals surface area contributed by atoms with E-state index in [1.54, 1.807) is 0 Å². The van der Waals surface area contributed by atoms with Gasteiger partial charge in [-0.2, -0.15) is 0 Å². The SMILES string of the molecule is C[CH2][Al]([CH2]C)[CH2]C.[B]. The van der Waals surface area contributed by atoms with Crippen LogP contribution in [0.3, 0.4) is 0 Å². The van der Waals surface area contributed by atoms with Crippen molar-refractivity contribution in [3.05, 3.63) is 0 Å². The van der Waals surface area contributed by atoms with Gasteiger partial charge < -0.3 is 0 Å². The Morgan fingerprint density at radius 2 is 1.12 bits per heavy atom. The van der Waals surface area contributed by atoms with Crippen molar-refractivity contribution in [3.63, 3.8) is 0 Å². The van der Waals surface area contributed by atoms with E-state index in [1.165, 1.54) is 15.8 Å². The molecule has 2 heteroatoms. The normalized spacial score (nSPS) is 7.88. The van der Waals surface area contributed by atoms with Crippen molar-refractivity contribution in [3.8, 4) is 0 Å². The Kier molecular flexibility index (Phi) is 10.8. The minimum atomic E-state index is -0.171. The van der Waals surface area contributed by atoms with Crippen LogP contribution >= 0.6 is 0 Å². The van der Waals surface area contributed by atoms with Gasteiger partial charge in [0.1, 0.15) is 0 Å². The Labute approximate surface area is 59.6 Å².